The predicted molar refractivity (Wildman–Crippen MR) is 86.3 cm³/mol. The molecule has 0 amide bonds. The molecule has 2 unspecified atom stereocenters. The largest absolute Gasteiger partial charge is 0.377 e. The average molecular weight is 299 g/mol. The van der Waals surface area contributed by atoms with Gasteiger partial charge in [0, 0.05) is 19.4 Å². The van der Waals surface area contributed by atoms with E-state index in [1.54, 1.807) is 7.11 Å². The Morgan fingerprint density at radius 2 is 2.14 bits per heavy atom. The number of ether oxygens (including phenoxy) is 3. The third-order valence-electron chi connectivity index (χ3n) is 4.02. The van der Waals surface area contributed by atoms with Crippen molar-refractivity contribution in [3.8, 4) is 0 Å². The summed E-state index contributed by atoms with van der Waals surface area (Å²) in [6.45, 7) is 11.4. The fraction of sp³-hybridized carbons (Fsp3) is 0.882. The van der Waals surface area contributed by atoms with Gasteiger partial charge in [-0.05, 0) is 39.0 Å². The van der Waals surface area contributed by atoms with Gasteiger partial charge in [-0.3, -0.25) is 0 Å². The lowest BCUT2D eigenvalue weighted by molar-refractivity contribution is -0.138. The van der Waals surface area contributed by atoms with Crippen LogP contribution in [0.25, 0.3) is 0 Å². The second-order valence-corrected chi connectivity index (χ2v) is 5.83. The molecule has 1 aliphatic rings. The molecule has 21 heavy (non-hydrogen) atoms. The zero-order chi connectivity index (χ0) is 15.5. The fourth-order valence-corrected chi connectivity index (χ4v) is 2.77. The predicted octanol–water partition coefficient (Wildman–Crippen LogP) is 3.57. The summed E-state index contributed by atoms with van der Waals surface area (Å²) in [6.07, 6.45) is 6.92. The van der Waals surface area contributed by atoms with Crippen LogP contribution in [0.5, 0.6) is 0 Å². The number of rotatable bonds is 11. The highest BCUT2D eigenvalue weighted by atomic mass is 16.7. The molecule has 0 aromatic heterocycles. The van der Waals surface area contributed by atoms with E-state index in [2.05, 4.69) is 25.3 Å². The monoisotopic (exact) mass is 299 g/mol. The molecule has 4 heteroatoms. The summed E-state index contributed by atoms with van der Waals surface area (Å²) in [6, 6.07) is 0.481. The topological polar surface area (TPSA) is 30.9 Å². The maximum atomic E-state index is 5.79. The highest BCUT2D eigenvalue weighted by molar-refractivity contribution is 4.94. The Hall–Kier alpha value is -0.580. The molecule has 1 saturated heterocycles. The van der Waals surface area contributed by atoms with E-state index in [-0.39, 0.29) is 6.29 Å². The van der Waals surface area contributed by atoms with Crippen LogP contribution in [0.4, 0.5) is 0 Å². The van der Waals surface area contributed by atoms with Crippen molar-refractivity contribution in [3.63, 3.8) is 0 Å². The molecular weight excluding hydrogens is 266 g/mol. The van der Waals surface area contributed by atoms with E-state index >= 15 is 0 Å². The van der Waals surface area contributed by atoms with Crippen LogP contribution in [0.15, 0.2) is 12.3 Å². The van der Waals surface area contributed by atoms with Crippen molar-refractivity contribution in [2.75, 3.05) is 33.5 Å². The molecule has 1 heterocycles. The Bertz CT molecular complexity index is 283. The van der Waals surface area contributed by atoms with Gasteiger partial charge in [-0.1, -0.05) is 19.9 Å². The minimum atomic E-state index is -0.0878. The van der Waals surface area contributed by atoms with Gasteiger partial charge in [0.15, 0.2) is 6.29 Å². The Morgan fingerprint density at radius 3 is 2.81 bits per heavy atom. The molecule has 0 saturated carbocycles. The molecular formula is C17H33NO3. The van der Waals surface area contributed by atoms with E-state index in [4.69, 9.17) is 14.2 Å². The fourth-order valence-electron chi connectivity index (χ4n) is 2.77. The SMILES string of the molecule is C=C(C)N1CCCCC1COCCOC(CCCC)OC. The van der Waals surface area contributed by atoms with Crippen LogP contribution in [0.3, 0.4) is 0 Å². The van der Waals surface area contributed by atoms with Gasteiger partial charge in [0.25, 0.3) is 0 Å². The van der Waals surface area contributed by atoms with Gasteiger partial charge in [0.05, 0.1) is 25.9 Å². The highest BCUT2D eigenvalue weighted by Gasteiger charge is 2.21. The van der Waals surface area contributed by atoms with Gasteiger partial charge >= 0.3 is 0 Å². The molecule has 0 radical (unpaired) electrons. The van der Waals surface area contributed by atoms with Gasteiger partial charge in [0.1, 0.15) is 0 Å². The van der Waals surface area contributed by atoms with Gasteiger partial charge in [-0.15, -0.1) is 0 Å². The third kappa shape index (κ3) is 7.30. The first kappa shape index (κ1) is 18.5. The molecule has 0 spiro atoms. The number of allylic oxidation sites excluding steroid dienone is 1. The van der Waals surface area contributed by atoms with Crippen molar-refractivity contribution < 1.29 is 14.2 Å². The minimum Gasteiger partial charge on any atom is -0.377 e. The molecule has 0 bridgehead atoms. The number of methoxy groups -OCH3 is 1. The van der Waals surface area contributed by atoms with Crippen molar-refractivity contribution in [1.29, 1.82) is 0 Å². The molecule has 4 nitrogen and oxygen atoms in total. The van der Waals surface area contributed by atoms with Crippen molar-refractivity contribution >= 4 is 0 Å². The van der Waals surface area contributed by atoms with Gasteiger partial charge in [-0.2, -0.15) is 0 Å². The van der Waals surface area contributed by atoms with E-state index in [0.29, 0.717) is 19.3 Å². The third-order valence-corrected chi connectivity index (χ3v) is 4.02. The summed E-state index contributed by atoms with van der Waals surface area (Å²) in [5.41, 5.74) is 1.15. The zero-order valence-corrected chi connectivity index (χ0v) is 14.1. The van der Waals surface area contributed by atoms with Crippen LogP contribution in [0.2, 0.25) is 0 Å². The molecule has 1 rings (SSSR count). The number of unbranched alkanes of at least 4 members (excludes halogenated alkanes) is 1. The summed E-state index contributed by atoms with van der Waals surface area (Å²) in [5.74, 6) is 0. The maximum absolute atomic E-state index is 5.79. The van der Waals surface area contributed by atoms with Crippen LogP contribution >= 0.6 is 0 Å². The second kappa shape index (κ2) is 11.0. The number of hydrogen-bond acceptors (Lipinski definition) is 4. The first-order valence-electron chi connectivity index (χ1n) is 8.33. The van der Waals surface area contributed by atoms with E-state index in [9.17, 15) is 0 Å². The Labute approximate surface area is 130 Å². The van der Waals surface area contributed by atoms with E-state index in [1.807, 2.05) is 0 Å². The van der Waals surface area contributed by atoms with Crippen LogP contribution in [-0.2, 0) is 14.2 Å². The summed E-state index contributed by atoms with van der Waals surface area (Å²) in [5, 5.41) is 0. The number of nitrogens with zero attached hydrogens (tertiary/aromatic N) is 1. The quantitative estimate of drug-likeness (QED) is 0.431. The van der Waals surface area contributed by atoms with Crippen molar-refractivity contribution in [2.45, 2.75) is 64.7 Å². The number of likely N-dealkylation sites (tertiary alicyclic amines) is 1. The summed E-state index contributed by atoms with van der Waals surface area (Å²) >= 11 is 0. The summed E-state index contributed by atoms with van der Waals surface area (Å²) in [4.78, 5) is 2.38. The lowest BCUT2D eigenvalue weighted by Gasteiger charge is -2.37. The number of piperidine rings is 1. The molecule has 0 aromatic carbocycles. The Kier molecular flexibility index (Phi) is 9.72. The lowest BCUT2D eigenvalue weighted by Crippen LogP contribution is -2.41. The van der Waals surface area contributed by atoms with E-state index < -0.39 is 0 Å². The Balaban J connectivity index is 2.13. The second-order valence-electron chi connectivity index (χ2n) is 5.83. The summed E-state index contributed by atoms with van der Waals surface area (Å²) < 4.78 is 16.8. The smallest absolute Gasteiger partial charge is 0.157 e. The van der Waals surface area contributed by atoms with Crippen LogP contribution in [0, 0.1) is 0 Å². The molecule has 0 aliphatic carbocycles. The minimum absolute atomic E-state index is 0.0878. The summed E-state index contributed by atoms with van der Waals surface area (Å²) in [7, 11) is 1.70. The molecule has 1 fully saturated rings. The molecule has 1 aliphatic heterocycles. The molecule has 0 aromatic rings. The zero-order valence-electron chi connectivity index (χ0n) is 14.1. The van der Waals surface area contributed by atoms with Crippen molar-refractivity contribution in [1.82, 2.24) is 4.90 Å². The first-order chi connectivity index (χ1) is 10.2. The molecule has 2 atom stereocenters. The molecule has 0 N–H and O–H groups in total. The first-order valence-corrected chi connectivity index (χ1v) is 8.33. The number of hydrogen-bond donors (Lipinski definition) is 0. The van der Waals surface area contributed by atoms with Gasteiger partial charge < -0.3 is 19.1 Å². The van der Waals surface area contributed by atoms with Gasteiger partial charge in [-0.25, -0.2) is 0 Å². The van der Waals surface area contributed by atoms with Crippen LogP contribution in [-0.4, -0.2) is 50.7 Å². The average Bonchev–Trinajstić information content (AvgIpc) is 2.50. The maximum Gasteiger partial charge on any atom is 0.157 e. The Morgan fingerprint density at radius 1 is 1.33 bits per heavy atom. The molecule has 124 valence electrons. The van der Waals surface area contributed by atoms with Crippen molar-refractivity contribution in [2.24, 2.45) is 0 Å². The van der Waals surface area contributed by atoms with Crippen LogP contribution < -0.4 is 0 Å². The van der Waals surface area contributed by atoms with E-state index in [1.165, 1.54) is 19.3 Å². The van der Waals surface area contributed by atoms with Gasteiger partial charge in [0.2, 0.25) is 0 Å². The van der Waals surface area contributed by atoms with E-state index in [0.717, 1.165) is 38.1 Å². The highest BCUT2D eigenvalue weighted by Crippen LogP contribution is 2.20. The normalized spacial score (nSPS) is 20.5. The van der Waals surface area contributed by atoms with Crippen molar-refractivity contribution in [3.05, 3.63) is 12.3 Å². The standard InChI is InChI=1S/C17H33NO3/c1-5-6-10-17(19-4)21-13-12-20-14-16-9-7-8-11-18(16)15(2)3/h16-17H,2,5-14H2,1,3-4H3. The van der Waals surface area contributed by atoms with Crippen LogP contribution in [0.1, 0.15) is 52.4 Å². The lowest BCUT2D eigenvalue weighted by atomic mass is 10.0.